The van der Waals surface area contributed by atoms with Crippen molar-refractivity contribution in [1.29, 1.82) is 0 Å². The maximum absolute atomic E-state index is 11.8. The summed E-state index contributed by atoms with van der Waals surface area (Å²) in [7, 11) is 1.96. The first-order valence-corrected chi connectivity index (χ1v) is 7.83. The average molecular weight is 292 g/mol. The summed E-state index contributed by atoms with van der Waals surface area (Å²) in [5, 5.41) is 6.15. The number of carbonyl (C=O) groups excluding carboxylic acids is 1. The number of carbonyl (C=O) groups is 1. The molecule has 4 nitrogen and oxygen atoms in total. The number of hydrogen-bond acceptors (Lipinski definition) is 3. The maximum atomic E-state index is 11.8. The zero-order chi connectivity index (χ0) is 15.7. The van der Waals surface area contributed by atoms with E-state index in [0.717, 1.165) is 25.0 Å². The first-order chi connectivity index (χ1) is 10.1. The Bertz CT molecular complexity index is 413. The highest BCUT2D eigenvalue weighted by Gasteiger charge is 2.14. The van der Waals surface area contributed by atoms with Gasteiger partial charge in [-0.2, -0.15) is 0 Å². The molecule has 2 unspecified atom stereocenters. The van der Waals surface area contributed by atoms with Gasteiger partial charge >= 0.3 is 0 Å². The van der Waals surface area contributed by atoms with Crippen molar-refractivity contribution >= 4 is 5.91 Å². The SMILES string of the molecule is CCCCNC(=O)C(C)Oc1ccc(C(CC)NC)cc1. The van der Waals surface area contributed by atoms with Crippen molar-refractivity contribution < 1.29 is 9.53 Å². The van der Waals surface area contributed by atoms with Gasteiger partial charge in [0.05, 0.1) is 0 Å². The van der Waals surface area contributed by atoms with Gasteiger partial charge in [0.1, 0.15) is 5.75 Å². The molecule has 1 amide bonds. The van der Waals surface area contributed by atoms with Crippen molar-refractivity contribution in [3.63, 3.8) is 0 Å². The Hall–Kier alpha value is -1.55. The van der Waals surface area contributed by atoms with Crippen LogP contribution in [0.15, 0.2) is 24.3 Å². The van der Waals surface area contributed by atoms with Gasteiger partial charge in [-0.3, -0.25) is 4.79 Å². The molecule has 21 heavy (non-hydrogen) atoms. The van der Waals surface area contributed by atoms with Crippen molar-refractivity contribution in [3.05, 3.63) is 29.8 Å². The van der Waals surface area contributed by atoms with Gasteiger partial charge in [0.2, 0.25) is 0 Å². The summed E-state index contributed by atoms with van der Waals surface area (Å²) in [5.74, 6) is 0.664. The fraction of sp³-hybridized carbons (Fsp3) is 0.588. The predicted octanol–water partition coefficient (Wildman–Crippen LogP) is 3.04. The van der Waals surface area contributed by atoms with Crippen LogP contribution in [0.1, 0.15) is 51.6 Å². The minimum Gasteiger partial charge on any atom is -0.481 e. The zero-order valence-corrected chi connectivity index (χ0v) is 13.6. The molecular formula is C17H28N2O2. The van der Waals surface area contributed by atoms with E-state index < -0.39 is 6.10 Å². The molecule has 4 heteroatoms. The van der Waals surface area contributed by atoms with Gasteiger partial charge in [-0.25, -0.2) is 0 Å². The van der Waals surface area contributed by atoms with Crippen LogP contribution in [0, 0.1) is 0 Å². The maximum Gasteiger partial charge on any atom is 0.260 e. The number of hydrogen-bond donors (Lipinski definition) is 2. The van der Waals surface area contributed by atoms with E-state index in [4.69, 9.17) is 4.74 Å². The molecule has 0 saturated heterocycles. The van der Waals surface area contributed by atoms with Crippen LogP contribution in [0.25, 0.3) is 0 Å². The summed E-state index contributed by atoms with van der Waals surface area (Å²) in [5.41, 5.74) is 1.23. The molecule has 2 N–H and O–H groups in total. The lowest BCUT2D eigenvalue weighted by Crippen LogP contribution is -2.36. The van der Waals surface area contributed by atoms with Gasteiger partial charge in [0.15, 0.2) is 6.10 Å². The Morgan fingerprint density at radius 2 is 1.90 bits per heavy atom. The second kappa shape index (κ2) is 9.40. The summed E-state index contributed by atoms with van der Waals surface area (Å²) in [4.78, 5) is 11.8. The van der Waals surface area contributed by atoms with E-state index in [9.17, 15) is 4.79 Å². The highest BCUT2D eigenvalue weighted by Crippen LogP contribution is 2.20. The molecule has 2 atom stereocenters. The topological polar surface area (TPSA) is 50.4 Å². The van der Waals surface area contributed by atoms with Gasteiger partial charge in [0.25, 0.3) is 5.91 Å². The molecule has 0 spiro atoms. The van der Waals surface area contributed by atoms with Crippen LogP contribution in [0.2, 0.25) is 0 Å². The summed E-state index contributed by atoms with van der Waals surface area (Å²) >= 11 is 0. The van der Waals surface area contributed by atoms with Crippen molar-refractivity contribution in [1.82, 2.24) is 10.6 Å². The normalized spacial score (nSPS) is 13.5. The van der Waals surface area contributed by atoms with Crippen LogP contribution in [0.3, 0.4) is 0 Å². The number of rotatable bonds is 9. The third kappa shape index (κ3) is 5.76. The van der Waals surface area contributed by atoms with Crippen molar-refractivity contribution in [2.24, 2.45) is 0 Å². The highest BCUT2D eigenvalue weighted by molar-refractivity contribution is 5.80. The van der Waals surface area contributed by atoms with Gasteiger partial charge in [0, 0.05) is 12.6 Å². The molecule has 0 bridgehead atoms. The van der Waals surface area contributed by atoms with E-state index in [2.05, 4.69) is 24.5 Å². The third-order valence-electron chi connectivity index (χ3n) is 3.55. The number of benzene rings is 1. The number of amides is 1. The summed E-state index contributed by atoms with van der Waals surface area (Å²) in [6, 6.07) is 8.29. The Morgan fingerprint density at radius 1 is 1.24 bits per heavy atom. The lowest BCUT2D eigenvalue weighted by Gasteiger charge is -2.17. The van der Waals surface area contributed by atoms with E-state index in [1.54, 1.807) is 6.92 Å². The smallest absolute Gasteiger partial charge is 0.260 e. The van der Waals surface area contributed by atoms with Gasteiger partial charge in [-0.1, -0.05) is 32.4 Å². The molecule has 1 aromatic carbocycles. The van der Waals surface area contributed by atoms with E-state index in [0.29, 0.717) is 12.6 Å². The first kappa shape index (κ1) is 17.5. The van der Waals surface area contributed by atoms with Crippen molar-refractivity contribution in [2.75, 3.05) is 13.6 Å². The minimum absolute atomic E-state index is 0.0609. The second-order valence-electron chi connectivity index (χ2n) is 5.22. The summed E-state index contributed by atoms with van der Waals surface area (Å²) in [6.07, 6.45) is 2.63. The lowest BCUT2D eigenvalue weighted by molar-refractivity contribution is -0.127. The zero-order valence-electron chi connectivity index (χ0n) is 13.6. The monoisotopic (exact) mass is 292 g/mol. The minimum atomic E-state index is -0.473. The molecule has 118 valence electrons. The molecule has 0 fully saturated rings. The fourth-order valence-electron chi connectivity index (χ4n) is 2.17. The van der Waals surface area contributed by atoms with Crippen LogP contribution in [-0.2, 0) is 4.79 Å². The number of unbranched alkanes of at least 4 members (excludes halogenated alkanes) is 1. The molecule has 1 aromatic rings. The standard InChI is InChI=1S/C17H28N2O2/c1-5-7-12-19-17(20)13(3)21-15-10-8-14(9-11-15)16(6-2)18-4/h8-11,13,16,18H,5-7,12H2,1-4H3,(H,19,20). The Balaban J connectivity index is 2.52. The highest BCUT2D eigenvalue weighted by atomic mass is 16.5. The quantitative estimate of drug-likeness (QED) is 0.688. The van der Waals surface area contributed by atoms with Gasteiger partial charge < -0.3 is 15.4 Å². The van der Waals surface area contributed by atoms with E-state index >= 15 is 0 Å². The Kier molecular flexibility index (Phi) is 7.83. The lowest BCUT2D eigenvalue weighted by atomic mass is 10.0. The van der Waals surface area contributed by atoms with Crippen LogP contribution in [0.5, 0.6) is 5.75 Å². The number of ether oxygens (including phenoxy) is 1. The molecule has 1 rings (SSSR count). The second-order valence-corrected chi connectivity index (χ2v) is 5.22. The summed E-state index contributed by atoms with van der Waals surface area (Å²) in [6.45, 7) is 6.73. The van der Waals surface area contributed by atoms with Crippen LogP contribution < -0.4 is 15.4 Å². The van der Waals surface area contributed by atoms with E-state index in [-0.39, 0.29) is 5.91 Å². The summed E-state index contributed by atoms with van der Waals surface area (Å²) < 4.78 is 5.68. The molecule has 0 aromatic heterocycles. The first-order valence-electron chi connectivity index (χ1n) is 7.83. The Morgan fingerprint density at radius 3 is 2.43 bits per heavy atom. The molecule has 0 radical (unpaired) electrons. The molecular weight excluding hydrogens is 264 g/mol. The average Bonchev–Trinajstić information content (AvgIpc) is 2.50. The van der Waals surface area contributed by atoms with Crippen molar-refractivity contribution in [2.45, 2.75) is 52.2 Å². The molecule has 0 aliphatic rings. The Labute approximate surface area is 128 Å². The molecule has 0 saturated carbocycles. The van der Waals surface area contributed by atoms with Crippen molar-refractivity contribution in [3.8, 4) is 5.75 Å². The fourth-order valence-corrected chi connectivity index (χ4v) is 2.17. The molecule has 0 aliphatic carbocycles. The largest absolute Gasteiger partial charge is 0.481 e. The van der Waals surface area contributed by atoms with E-state index in [1.165, 1.54) is 5.56 Å². The van der Waals surface area contributed by atoms with E-state index in [1.807, 2.05) is 31.3 Å². The van der Waals surface area contributed by atoms with Gasteiger partial charge in [-0.05, 0) is 44.5 Å². The van der Waals surface area contributed by atoms with Crippen LogP contribution >= 0.6 is 0 Å². The van der Waals surface area contributed by atoms with Crippen LogP contribution in [0.4, 0.5) is 0 Å². The molecule has 0 aliphatic heterocycles. The van der Waals surface area contributed by atoms with Gasteiger partial charge in [-0.15, -0.1) is 0 Å². The third-order valence-corrected chi connectivity index (χ3v) is 3.55. The molecule has 0 heterocycles. The number of nitrogens with one attached hydrogen (secondary N) is 2. The predicted molar refractivity (Wildman–Crippen MR) is 86.5 cm³/mol. The van der Waals surface area contributed by atoms with Crippen LogP contribution in [-0.4, -0.2) is 25.6 Å².